The van der Waals surface area contributed by atoms with Gasteiger partial charge in [-0.05, 0) is 38.3 Å². The van der Waals surface area contributed by atoms with E-state index in [0.717, 1.165) is 48.4 Å². The largest absolute Gasteiger partial charge is 0.389 e. The van der Waals surface area contributed by atoms with Crippen molar-refractivity contribution in [2.75, 3.05) is 0 Å². The van der Waals surface area contributed by atoms with Gasteiger partial charge in [-0.1, -0.05) is 19.1 Å². The van der Waals surface area contributed by atoms with Crippen molar-refractivity contribution in [1.29, 1.82) is 0 Å². The molecule has 3 atom stereocenters. The number of aromatic nitrogens is 4. The molecule has 0 spiro atoms. The second kappa shape index (κ2) is 7.75. The highest BCUT2D eigenvalue weighted by Crippen LogP contribution is 2.31. The molecule has 0 radical (unpaired) electrons. The quantitative estimate of drug-likeness (QED) is 0.687. The molecule has 0 aliphatic heterocycles. The Bertz CT molecular complexity index is 976. The highest BCUT2D eigenvalue weighted by molar-refractivity contribution is 5.81. The molecule has 28 heavy (non-hydrogen) atoms. The molecular formula is C21H27N5O2. The van der Waals surface area contributed by atoms with Crippen molar-refractivity contribution in [1.82, 2.24) is 24.4 Å². The molecule has 148 valence electrons. The summed E-state index contributed by atoms with van der Waals surface area (Å²) in [6.07, 6.45) is 6.38. The third-order valence-electron chi connectivity index (χ3n) is 5.65. The van der Waals surface area contributed by atoms with Crippen molar-refractivity contribution in [2.24, 2.45) is 0 Å². The molecule has 2 aromatic heterocycles. The van der Waals surface area contributed by atoms with E-state index in [2.05, 4.69) is 22.2 Å². The lowest BCUT2D eigenvalue weighted by Gasteiger charge is -2.22. The molecule has 2 heterocycles. The Balaban J connectivity index is 1.47. The van der Waals surface area contributed by atoms with Crippen LogP contribution in [0.4, 0.5) is 0 Å². The van der Waals surface area contributed by atoms with Gasteiger partial charge in [0, 0.05) is 18.8 Å². The van der Waals surface area contributed by atoms with Gasteiger partial charge in [0.2, 0.25) is 5.91 Å². The van der Waals surface area contributed by atoms with Gasteiger partial charge in [-0.15, -0.1) is 0 Å². The summed E-state index contributed by atoms with van der Waals surface area (Å²) in [6.45, 7) is 4.25. The molecule has 4 rings (SSSR count). The zero-order valence-corrected chi connectivity index (χ0v) is 16.4. The van der Waals surface area contributed by atoms with Crippen molar-refractivity contribution in [2.45, 2.75) is 64.3 Å². The lowest BCUT2D eigenvalue weighted by Crippen LogP contribution is -2.43. The lowest BCUT2D eigenvalue weighted by molar-refractivity contribution is -0.123. The fourth-order valence-electron chi connectivity index (χ4n) is 4.27. The second-order valence-corrected chi connectivity index (χ2v) is 7.54. The fourth-order valence-corrected chi connectivity index (χ4v) is 4.27. The van der Waals surface area contributed by atoms with E-state index >= 15 is 0 Å². The maximum Gasteiger partial charge on any atom is 0.240 e. The van der Waals surface area contributed by atoms with E-state index in [9.17, 15) is 9.90 Å². The predicted molar refractivity (Wildman–Crippen MR) is 107 cm³/mol. The first-order chi connectivity index (χ1) is 13.6. The van der Waals surface area contributed by atoms with E-state index in [0.29, 0.717) is 0 Å². The summed E-state index contributed by atoms with van der Waals surface area (Å²) in [5, 5.41) is 13.8. The molecule has 3 aromatic rings. The Labute approximate surface area is 164 Å². The molecule has 2 N–H and O–H groups in total. The first-order valence-corrected chi connectivity index (χ1v) is 9.99. The molecule has 1 fully saturated rings. The van der Waals surface area contributed by atoms with Crippen LogP contribution < -0.4 is 5.32 Å². The summed E-state index contributed by atoms with van der Waals surface area (Å²) in [6, 6.07) is 7.61. The number of amides is 1. The topological polar surface area (TPSA) is 85.0 Å². The van der Waals surface area contributed by atoms with Gasteiger partial charge in [-0.25, -0.2) is 9.97 Å². The van der Waals surface area contributed by atoms with Crippen LogP contribution in [0.5, 0.6) is 0 Å². The number of hydrogen-bond acceptors (Lipinski definition) is 4. The van der Waals surface area contributed by atoms with Crippen LogP contribution in [0.15, 0.2) is 36.7 Å². The standard InChI is InChI=1S/C21H27N5O2/c1-3-6-19-23-15-7-4-5-8-17(15)26(19)13-20(27)24-16-9-10-18(21(16)28)25-12-11-22-14(25)2/h4-5,7-8,11-12,16,18,21,28H,3,6,9-10,13H2,1-2H3,(H,24,27)/t16-,18-,21-/m1/s1. The van der Waals surface area contributed by atoms with Crippen LogP contribution in [0.2, 0.25) is 0 Å². The Morgan fingerprint density at radius 1 is 1.32 bits per heavy atom. The number of benzene rings is 1. The Morgan fingerprint density at radius 3 is 2.89 bits per heavy atom. The number of carbonyl (C=O) groups is 1. The molecule has 1 amide bonds. The summed E-state index contributed by atoms with van der Waals surface area (Å²) in [5.41, 5.74) is 1.88. The molecule has 1 aromatic carbocycles. The lowest BCUT2D eigenvalue weighted by atomic mass is 10.1. The number of aryl methyl sites for hydroxylation is 2. The first-order valence-electron chi connectivity index (χ1n) is 9.99. The normalized spacial score (nSPS) is 22.0. The first kappa shape index (κ1) is 18.7. The zero-order valence-electron chi connectivity index (χ0n) is 16.4. The summed E-state index contributed by atoms with van der Waals surface area (Å²) >= 11 is 0. The third-order valence-corrected chi connectivity index (χ3v) is 5.65. The number of hydrogen-bond donors (Lipinski definition) is 2. The number of nitrogens with one attached hydrogen (secondary N) is 1. The SMILES string of the molecule is CCCc1nc2ccccc2n1CC(=O)N[C@@H]1CC[C@@H](n2ccnc2C)[C@@H]1O. The molecule has 1 saturated carbocycles. The highest BCUT2D eigenvalue weighted by Gasteiger charge is 2.37. The van der Waals surface area contributed by atoms with Crippen molar-refractivity contribution in [3.05, 3.63) is 48.3 Å². The Morgan fingerprint density at radius 2 is 2.14 bits per heavy atom. The molecular weight excluding hydrogens is 354 g/mol. The molecule has 7 heteroatoms. The van der Waals surface area contributed by atoms with Gasteiger partial charge in [0.1, 0.15) is 18.2 Å². The van der Waals surface area contributed by atoms with Crippen LogP contribution in [0.3, 0.4) is 0 Å². The van der Waals surface area contributed by atoms with Crippen LogP contribution in [-0.4, -0.2) is 42.3 Å². The summed E-state index contributed by atoms with van der Waals surface area (Å²) < 4.78 is 3.99. The summed E-state index contributed by atoms with van der Waals surface area (Å²) in [5.74, 6) is 1.72. The van der Waals surface area contributed by atoms with Gasteiger partial charge < -0.3 is 19.6 Å². The Kier molecular flexibility index (Phi) is 5.17. The smallest absolute Gasteiger partial charge is 0.240 e. The maximum atomic E-state index is 12.8. The average Bonchev–Trinajstić information content (AvgIpc) is 3.35. The van der Waals surface area contributed by atoms with Gasteiger partial charge in [0.15, 0.2) is 0 Å². The molecule has 1 aliphatic rings. The van der Waals surface area contributed by atoms with Crippen LogP contribution in [0, 0.1) is 6.92 Å². The van der Waals surface area contributed by atoms with Gasteiger partial charge in [-0.3, -0.25) is 4.79 Å². The number of aliphatic hydroxyl groups excluding tert-OH is 1. The Hall–Kier alpha value is -2.67. The van der Waals surface area contributed by atoms with Crippen LogP contribution >= 0.6 is 0 Å². The average molecular weight is 381 g/mol. The van der Waals surface area contributed by atoms with E-state index in [4.69, 9.17) is 0 Å². The third kappa shape index (κ3) is 3.42. The van der Waals surface area contributed by atoms with Gasteiger partial charge in [0.25, 0.3) is 0 Å². The van der Waals surface area contributed by atoms with Crippen molar-refractivity contribution >= 4 is 16.9 Å². The summed E-state index contributed by atoms with van der Waals surface area (Å²) in [7, 11) is 0. The number of rotatable bonds is 6. The van der Waals surface area contributed by atoms with Crippen molar-refractivity contribution < 1.29 is 9.90 Å². The number of para-hydroxylation sites is 2. The number of carbonyl (C=O) groups excluding carboxylic acids is 1. The van der Waals surface area contributed by atoms with Crippen LogP contribution in [0.1, 0.15) is 43.9 Å². The number of nitrogens with zero attached hydrogens (tertiary/aromatic N) is 4. The monoisotopic (exact) mass is 381 g/mol. The number of aliphatic hydroxyl groups is 1. The second-order valence-electron chi connectivity index (χ2n) is 7.54. The molecule has 1 aliphatic carbocycles. The molecule has 0 bridgehead atoms. The van der Waals surface area contributed by atoms with E-state index in [1.54, 1.807) is 6.20 Å². The maximum absolute atomic E-state index is 12.8. The van der Waals surface area contributed by atoms with Gasteiger partial charge in [0.05, 0.1) is 29.2 Å². The van der Waals surface area contributed by atoms with E-state index in [1.807, 2.05) is 46.5 Å². The van der Waals surface area contributed by atoms with Gasteiger partial charge in [-0.2, -0.15) is 0 Å². The molecule has 0 unspecified atom stereocenters. The van der Waals surface area contributed by atoms with Crippen molar-refractivity contribution in [3.8, 4) is 0 Å². The highest BCUT2D eigenvalue weighted by atomic mass is 16.3. The minimum Gasteiger partial charge on any atom is -0.389 e. The minimum absolute atomic E-state index is 0.0440. The molecule has 0 saturated heterocycles. The van der Waals surface area contributed by atoms with Crippen molar-refractivity contribution in [3.63, 3.8) is 0 Å². The minimum atomic E-state index is -0.619. The number of fused-ring (bicyclic) bond motifs is 1. The van der Waals surface area contributed by atoms with E-state index in [-0.39, 0.29) is 24.5 Å². The van der Waals surface area contributed by atoms with E-state index < -0.39 is 6.10 Å². The van der Waals surface area contributed by atoms with Crippen LogP contribution in [-0.2, 0) is 17.8 Å². The van der Waals surface area contributed by atoms with Crippen LogP contribution in [0.25, 0.3) is 11.0 Å². The van der Waals surface area contributed by atoms with E-state index in [1.165, 1.54) is 0 Å². The number of imidazole rings is 2. The predicted octanol–water partition coefficient (Wildman–Crippen LogP) is 2.37. The molecule has 7 nitrogen and oxygen atoms in total. The van der Waals surface area contributed by atoms with Gasteiger partial charge >= 0.3 is 0 Å². The zero-order chi connectivity index (χ0) is 19.7. The summed E-state index contributed by atoms with van der Waals surface area (Å²) in [4.78, 5) is 21.7. The fraction of sp³-hybridized carbons (Fsp3) is 0.476.